The van der Waals surface area contributed by atoms with E-state index in [9.17, 15) is 5.11 Å². The molecule has 5 fully saturated rings. The molecule has 2 aliphatic heterocycles. The van der Waals surface area contributed by atoms with Crippen LogP contribution in [0.3, 0.4) is 0 Å². The van der Waals surface area contributed by atoms with Crippen molar-refractivity contribution in [3.63, 3.8) is 0 Å². The van der Waals surface area contributed by atoms with Crippen LogP contribution in [-0.2, 0) is 16.6 Å². The van der Waals surface area contributed by atoms with Crippen LogP contribution in [0.25, 0.3) is 0 Å². The second-order valence-corrected chi connectivity index (χ2v) is 11.0. The number of aliphatic hydroxyl groups is 1. The molecule has 6 atom stereocenters. The van der Waals surface area contributed by atoms with Gasteiger partial charge in [0.2, 0.25) is 0 Å². The van der Waals surface area contributed by atoms with E-state index in [1.165, 1.54) is 49.9 Å². The minimum absolute atomic E-state index is 0.0559. The minimum atomic E-state index is -0.347. The number of benzene rings is 1. The fourth-order valence-electron chi connectivity index (χ4n) is 8.91. The van der Waals surface area contributed by atoms with E-state index in [-0.39, 0.29) is 35.1 Å². The number of hydrogen-bond donors (Lipinski definition) is 1. The van der Waals surface area contributed by atoms with Gasteiger partial charge in [-0.15, -0.1) is 0 Å². The topological polar surface area (TPSA) is 41.9 Å². The Morgan fingerprint density at radius 2 is 2.10 bits per heavy atom. The Kier molecular flexibility index (Phi) is 3.26. The van der Waals surface area contributed by atoms with Gasteiger partial charge in [0.05, 0.1) is 0 Å². The predicted octanol–water partition coefficient (Wildman–Crippen LogP) is 3.21. The highest BCUT2D eigenvalue weighted by Gasteiger charge is 2.80. The van der Waals surface area contributed by atoms with E-state index in [4.69, 9.17) is 9.47 Å². The van der Waals surface area contributed by atoms with Crippen molar-refractivity contribution in [1.82, 2.24) is 4.90 Å². The number of nitrogens with zero attached hydrogens (tertiary/aromatic N) is 1. The Morgan fingerprint density at radius 1 is 1.24 bits per heavy atom. The summed E-state index contributed by atoms with van der Waals surface area (Å²) in [5.41, 5.74) is 4.30. The van der Waals surface area contributed by atoms with E-state index in [0.717, 1.165) is 30.9 Å². The summed E-state index contributed by atoms with van der Waals surface area (Å²) >= 11 is 0. The van der Waals surface area contributed by atoms with Crippen molar-refractivity contribution in [2.75, 3.05) is 26.8 Å². The van der Waals surface area contributed by atoms with Crippen LogP contribution in [-0.4, -0.2) is 54.6 Å². The van der Waals surface area contributed by atoms with Crippen LogP contribution in [0.5, 0.6) is 5.75 Å². The maximum absolute atomic E-state index is 10.5. The molecule has 1 aromatic carbocycles. The maximum atomic E-state index is 10.5. The Bertz CT molecular complexity index is 896. The number of rotatable bonds is 4. The fourth-order valence-corrected chi connectivity index (χ4v) is 8.91. The standard InChI is InChI=1S/C25H33NO3/c1-15-3-6-17-11-19-23-7-8-25(28-2,18(12-23)14-27)22-24(23,20(17)21(15)29-22)9-10-26(19)13-16-4-5-16/h3,6,16,18-19,22,27H,4-5,7-14H2,1-2H3/t18-,19+,22?,23+,24-,25+/m0/s1. The molecular formula is C25H33NO3. The molecule has 1 N–H and O–H groups in total. The first kappa shape index (κ1) is 17.6. The van der Waals surface area contributed by atoms with Gasteiger partial charge in [0.15, 0.2) is 0 Å². The van der Waals surface area contributed by atoms with Gasteiger partial charge in [-0.1, -0.05) is 12.1 Å². The van der Waals surface area contributed by atoms with Gasteiger partial charge >= 0.3 is 0 Å². The predicted molar refractivity (Wildman–Crippen MR) is 110 cm³/mol. The van der Waals surface area contributed by atoms with E-state index in [1.54, 1.807) is 5.56 Å². The highest BCUT2D eigenvalue weighted by atomic mass is 16.6. The first-order valence-electron chi connectivity index (χ1n) is 11.8. The number of piperidine rings is 1. The van der Waals surface area contributed by atoms with Crippen LogP contribution in [0.2, 0.25) is 0 Å². The van der Waals surface area contributed by atoms with Gasteiger partial charge in [-0.05, 0) is 75.5 Å². The molecule has 4 heteroatoms. The van der Waals surface area contributed by atoms with Crippen molar-refractivity contribution in [2.24, 2.45) is 17.3 Å². The smallest absolute Gasteiger partial charge is 0.138 e. The molecule has 29 heavy (non-hydrogen) atoms. The molecule has 1 saturated heterocycles. The number of hydrogen-bond acceptors (Lipinski definition) is 4. The quantitative estimate of drug-likeness (QED) is 0.850. The van der Waals surface area contributed by atoms with Gasteiger partial charge in [-0.2, -0.15) is 0 Å². The Labute approximate surface area is 173 Å². The summed E-state index contributed by atoms with van der Waals surface area (Å²) in [4.78, 5) is 2.86. The van der Waals surface area contributed by atoms with Gasteiger partial charge < -0.3 is 14.6 Å². The zero-order valence-electron chi connectivity index (χ0n) is 17.7. The van der Waals surface area contributed by atoms with Crippen LogP contribution in [0.1, 0.15) is 55.2 Å². The van der Waals surface area contributed by atoms with Crippen molar-refractivity contribution in [2.45, 2.75) is 75.0 Å². The fraction of sp³-hybridized carbons (Fsp3) is 0.760. The highest BCUT2D eigenvalue weighted by molar-refractivity contribution is 5.61. The summed E-state index contributed by atoms with van der Waals surface area (Å²) in [5, 5.41) is 10.5. The molecule has 2 spiro atoms. The summed E-state index contributed by atoms with van der Waals surface area (Å²) in [6.45, 7) is 4.89. The van der Waals surface area contributed by atoms with Crippen LogP contribution in [0, 0.1) is 24.2 Å². The zero-order valence-corrected chi connectivity index (χ0v) is 17.7. The number of aryl methyl sites for hydroxylation is 1. The van der Waals surface area contributed by atoms with E-state index in [0.29, 0.717) is 6.04 Å². The summed E-state index contributed by atoms with van der Waals surface area (Å²) in [6.07, 6.45) is 8.57. The third-order valence-electron chi connectivity index (χ3n) is 10.2. The average Bonchev–Trinajstić information content (AvgIpc) is 3.48. The Morgan fingerprint density at radius 3 is 2.86 bits per heavy atom. The molecule has 2 heterocycles. The number of aliphatic hydroxyl groups excluding tert-OH is 1. The molecule has 7 aliphatic rings. The van der Waals surface area contributed by atoms with Crippen LogP contribution < -0.4 is 4.74 Å². The number of fused-ring (bicyclic) bond motifs is 2. The minimum Gasteiger partial charge on any atom is -0.486 e. The zero-order chi connectivity index (χ0) is 19.6. The van der Waals surface area contributed by atoms with Crippen LogP contribution in [0.15, 0.2) is 12.1 Å². The van der Waals surface area contributed by atoms with E-state index in [2.05, 4.69) is 24.0 Å². The lowest BCUT2D eigenvalue weighted by Gasteiger charge is -2.73. The van der Waals surface area contributed by atoms with Crippen LogP contribution >= 0.6 is 0 Å². The summed E-state index contributed by atoms with van der Waals surface area (Å²) in [6, 6.07) is 5.26. The molecule has 0 radical (unpaired) electrons. The Balaban J connectivity index is 1.48. The van der Waals surface area contributed by atoms with Crippen molar-refractivity contribution in [1.29, 1.82) is 0 Å². The van der Waals surface area contributed by atoms with E-state index >= 15 is 0 Å². The number of likely N-dealkylation sites (tertiary alicyclic amines) is 1. The number of ether oxygens (including phenoxy) is 2. The first-order chi connectivity index (χ1) is 14.1. The molecule has 1 unspecified atom stereocenters. The third kappa shape index (κ3) is 1.78. The third-order valence-corrected chi connectivity index (χ3v) is 10.2. The summed E-state index contributed by atoms with van der Waals surface area (Å²) < 4.78 is 13.3. The average molecular weight is 396 g/mol. The van der Waals surface area contributed by atoms with E-state index in [1.807, 2.05) is 7.11 Å². The molecule has 0 aromatic heterocycles. The summed E-state index contributed by atoms with van der Waals surface area (Å²) in [7, 11) is 1.86. The monoisotopic (exact) mass is 395 g/mol. The summed E-state index contributed by atoms with van der Waals surface area (Å²) in [5.74, 6) is 2.26. The van der Waals surface area contributed by atoms with Crippen molar-refractivity contribution < 1.29 is 14.6 Å². The van der Waals surface area contributed by atoms with Gasteiger partial charge in [0, 0.05) is 48.6 Å². The Hall–Kier alpha value is -1.10. The SMILES string of the molecule is CO[C@]12CC[C@@]3(C[C@H]1CO)[C@H]1Cc4ccc(C)c5c4[C@@]3(CCN1CC1CC1)C2O5. The van der Waals surface area contributed by atoms with Crippen molar-refractivity contribution >= 4 is 0 Å². The maximum Gasteiger partial charge on any atom is 0.138 e. The molecule has 5 aliphatic carbocycles. The number of methoxy groups -OCH3 is 1. The molecule has 4 saturated carbocycles. The molecular weight excluding hydrogens is 362 g/mol. The van der Waals surface area contributed by atoms with Crippen molar-refractivity contribution in [3.8, 4) is 5.75 Å². The lowest BCUT2D eigenvalue weighted by Crippen LogP contribution is -2.81. The molecule has 156 valence electrons. The first-order valence-corrected chi connectivity index (χ1v) is 11.8. The second kappa shape index (κ2) is 5.38. The molecule has 1 aromatic rings. The van der Waals surface area contributed by atoms with Gasteiger partial charge in [-0.25, -0.2) is 0 Å². The molecule has 4 bridgehead atoms. The highest BCUT2D eigenvalue weighted by Crippen LogP contribution is 2.76. The normalized spacial score (nSPS) is 46.5. The lowest BCUT2D eigenvalue weighted by atomic mass is 9.35. The van der Waals surface area contributed by atoms with E-state index < -0.39 is 0 Å². The van der Waals surface area contributed by atoms with Crippen LogP contribution in [0.4, 0.5) is 0 Å². The van der Waals surface area contributed by atoms with Gasteiger partial charge in [-0.3, -0.25) is 4.90 Å². The van der Waals surface area contributed by atoms with Gasteiger partial charge in [0.1, 0.15) is 17.5 Å². The largest absolute Gasteiger partial charge is 0.486 e. The van der Waals surface area contributed by atoms with Gasteiger partial charge in [0.25, 0.3) is 0 Å². The molecule has 8 rings (SSSR count). The molecule has 0 amide bonds. The second-order valence-electron chi connectivity index (χ2n) is 11.0. The van der Waals surface area contributed by atoms with Crippen molar-refractivity contribution in [3.05, 3.63) is 28.8 Å². The lowest BCUT2D eigenvalue weighted by molar-refractivity contribution is -0.281. The molecule has 4 nitrogen and oxygen atoms in total.